The number of nitrogens with zero attached hydrogens (tertiary/aromatic N) is 2. The molecule has 4 aromatic rings. The van der Waals surface area contributed by atoms with Crippen molar-refractivity contribution in [3.05, 3.63) is 66.7 Å². The van der Waals surface area contributed by atoms with Crippen LogP contribution in [0.2, 0.25) is 0 Å². The first-order valence-electron chi connectivity index (χ1n) is 8.24. The van der Waals surface area contributed by atoms with Crippen LogP contribution in [0.25, 0.3) is 21.8 Å². The predicted molar refractivity (Wildman–Crippen MR) is 108 cm³/mol. The van der Waals surface area contributed by atoms with Crippen molar-refractivity contribution in [2.45, 2.75) is 0 Å². The quantitative estimate of drug-likeness (QED) is 0.420. The second-order valence-electron chi connectivity index (χ2n) is 6.35. The molecule has 124 valence electrons. The molecule has 3 aromatic carbocycles. The van der Waals surface area contributed by atoms with E-state index >= 15 is 0 Å². The van der Waals surface area contributed by atoms with Crippen molar-refractivity contribution in [3.8, 4) is 0 Å². The van der Waals surface area contributed by atoms with E-state index in [1.807, 2.05) is 50.5 Å². The molecule has 0 aliphatic carbocycles. The fourth-order valence-corrected chi connectivity index (χ4v) is 3.03. The number of rotatable bonds is 3. The summed E-state index contributed by atoms with van der Waals surface area (Å²) >= 11 is 0. The summed E-state index contributed by atoms with van der Waals surface area (Å²) in [6.45, 7) is 0. The highest BCUT2D eigenvalue weighted by atomic mass is 15.1. The first kappa shape index (κ1) is 15.3. The molecule has 0 radical (unpaired) electrons. The van der Waals surface area contributed by atoms with Crippen LogP contribution in [0.15, 0.2) is 66.7 Å². The van der Waals surface area contributed by atoms with Gasteiger partial charge in [0, 0.05) is 41.9 Å². The lowest BCUT2D eigenvalue weighted by atomic mass is 10.1. The van der Waals surface area contributed by atoms with Gasteiger partial charge in [0.05, 0.1) is 16.7 Å². The average molecular weight is 328 g/mol. The van der Waals surface area contributed by atoms with E-state index in [1.54, 1.807) is 0 Å². The van der Waals surface area contributed by atoms with Crippen LogP contribution >= 0.6 is 0 Å². The molecule has 0 aliphatic heterocycles. The molecule has 0 saturated carbocycles. The minimum absolute atomic E-state index is 0.719. The van der Waals surface area contributed by atoms with Gasteiger partial charge in [-0.3, -0.25) is 0 Å². The van der Waals surface area contributed by atoms with Crippen LogP contribution in [0.3, 0.4) is 0 Å². The van der Waals surface area contributed by atoms with Crippen molar-refractivity contribution >= 4 is 44.6 Å². The van der Waals surface area contributed by atoms with E-state index in [-0.39, 0.29) is 0 Å². The van der Waals surface area contributed by atoms with Gasteiger partial charge in [-0.05, 0) is 48.5 Å². The fourth-order valence-electron chi connectivity index (χ4n) is 3.03. The van der Waals surface area contributed by atoms with Gasteiger partial charge < -0.3 is 16.0 Å². The van der Waals surface area contributed by atoms with E-state index in [2.05, 4.69) is 40.5 Å². The Morgan fingerprint density at radius 3 is 2.32 bits per heavy atom. The van der Waals surface area contributed by atoms with Gasteiger partial charge in [0.15, 0.2) is 0 Å². The number of anilines is 4. The maximum Gasteiger partial charge on any atom is 0.0751 e. The molecule has 0 saturated heterocycles. The number of hydrogen-bond donors (Lipinski definition) is 2. The first-order valence-corrected chi connectivity index (χ1v) is 8.24. The van der Waals surface area contributed by atoms with E-state index in [4.69, 9.17) is 10.7 Å². The summed E-state index contributed by atoms with van der Waals surface area (Å²) in [6, 6.07) is 22.4. The predicted octanol–water partition coefficient (Wildman–Crippen LogP) is 4.78. The standard InChI is InChI=1S/C21H20N4/c1-25(2)16-10-8-15(9-11-16)23-21-17-5-3-4-6-19(17)24-20-13-14(22)7-12-18(20)21/h3-13H,22H2,1-2H3,(H,23,24). The van der Waals surface area contributed by atoms with Crippen molar-refractivity contribution in [2.24, 2.45) is 0 Å². The van der Waals surface area contributed by atoms with Crippen LogP contribution in [0.4, 0.5) is 22.7 Å². The van der Waals surface area contributed by atoms with Crippen molar-refractivity contribution in [3.63, 3.8) is 0 Å². The molecule has 4 rings (SSSR count). The molecule has 1 aromatic heterocycles. The molecule has 4 heteroatoms. The van der Waals surface area contributed by atoms with Crippen LogP contribution in [-0.4, -0.2) is 19.1 Å². The number of fused-ring (bicyclic) bond motifs is 2. The lowest BCUT2D eigenvalue weighted by Crippen LogP contribution is -2.08. The summed E-state index contributed by atoms with van der Waals surface area (Å²) in [5.41, 5.74) is 11.8. The maximum absolute atomic E-state index is 5.95. The Morgan fingerprint density at radius 2 is 1.56 bits per heavy atom. The highest BCUT2D eigenvalue weighted by Gasteiger charge is 2.09. The molecule has 0 aliphatic rings. The normalized spacial score (nSPS) is 11.0. The van der Waals surface area contributed by atoms with Gasteiger partial charge in [-0.25, -0.2) is 4.98 Å². The third-order valence-corrected chi connectivity index (χ3v) is 4.36. The van der Waals surface area contributed by atoms with Gasteiger partial charge in [0.25, 0.3) is 0 Å². The van der Waals surface area contributed by atoms with Crippen molar-refractivity contribution in [2.75, 3.05) is 30.0 Å². The topological polar surface area (TPSA) is 54.2 Å². The minimum atomic E-state index is 0.719. The smallest absolute Gasteiger partial charge is 0.0751 e. The highest BCUT2D eigenvalue weighted by molar-refractivity contribution is 6.09. The largest absolute Gasteiger partial charge is 0.399 e. The summed E-state index contributed by atoms with van der Waals surface area (Å²) in [4.78, 5) is 6.84. The SMILES string of the molecule is CN(C)c1ccc(Nc2c3ccccc3nc3cc(N)ccc23)cc1. The second kappa shape index (κ2) is 5.98. The molecule has 0 spiro atoms. The van der Waals surface area contributed by atoms with Gasteiger partial charge in [-0.15, -0.1) is 0 Å². The number of pyridine rings is 1. The third-order valence-electron chi connectivity index (χ3n) is 4.36. The molecule has 0 fully saturated rings. The zero-order valence-corrected chi connectivity index (χ0v) is 14.3. The third kappa shape index (κ3) is 2.83. The number of para-hydroxylation sites is 1. The van der Waals surface area contributed by atoms with Crippen molar-refractivity contribution in [1.82, 2.24) is 4.98 Å². The summed E-state index contributed by atoms with van der Waals surface area (Å²) < 4.78 is 0. The van der Waals surface area contributed by atoms with Crippen molar-refractivity contribution in [1.29, 1.82) is 0 Å². The van der Waals surface area contributed by atoms with E-state index in [0.717, 1.165) is 38.9 Å². The van der Waals surface area contributed by atoms with Gasteiger partial charge in [-0.2, -0.15) is 0 Å². The Kier molecular flexibility index (Phi) is 3.65. The number of aromatic nitrogens is 1. The number of nitrogens with two attached hydrogens (primary N) is 1. The van der Waals surface area contributed by atoms with E-state index in [1.165, 1.54) is 5.69 Å². The summed E-state index contributed by atoms with van der Waals surface area (Å²) in [6.07, 6.45) is 0. The molecule has 1 heterocycles. The molecule has 4 nitrogen and oxygen atoms in total. The molecular formula is C21H20N4. The Morgan fingerprint density at radius 1 is 0.840 bits per heavy atom. The lowest BCUT2D eigenvalue weighted by molar-refractivity contribution is 1.13. The van der Waals surface area contributed by atoms with Crippen LogP contribution < -0.4 is 16.0 Å². The van der Waals surface area contributed by atoms with Crippen molar-refractivity contribution < 1.29 is 0 Å². The van der Waals surface area contributed by atoms with Crippen LogP contribution in [0.1, 0.15) is 0 Å². The van der Waals surface area contributed by atoms with E-state index in [0.29, 0.717) is 0 Å². The summed E-state index contributed by atoms with van der Waals surface area (Å²) in [5.74, 6) is 0. The van der Waals surface area contributed by atoms with Gasteiger partial charge in [-0.1, -0.05) is 18.2 Å². The average Bonchev–Trinajstić information content (AvgIpc) is 2.61. The van der Waals surface area contributed by atoms with Gasteiger partial charge in [0.2, 0.25) is 0 Å². The Bertz CT molecular complexity index is 1050. The van der Waals surface area contributed by atoms with E-state index < -0.39 is 0 Å². The molecule has 25 heavy (non-hydrogen) atoms. The van der Waals surface area contributed by atoms with Gasteiger partial charge >= 0.3 is 0 Å². The highest BCUT2D eigenvalue weighted by Crippen LogP contribution is 2.34. The number of nitrogen functional groups attached to an aromatic ring is 1. The fraction of sp³-hybridized carbons (Fsp3) is 0.0952. The Balaban J connectivity index is 1.88. The van der Waals surface area contributed by atoms with Crippen LogP contribution in [-0.2, 0) is 0 Å². The molecule has 0 unspecified atom stereocenters. The van der Waals surface area contributed by atoms with Crippen LogP contribution in [0.5, 0.6) is 0 Å². The number of benzene rings is 3. The summed E-state index contributed by atoms with van der Waals surface area (Å²) in [7, 11) is 4.08. The molecule has 0 bridgehead atoms. The zero-order chi connectivity index (χ0) is 17.4. The Hall–Kier alpha value is -3.27. The van der Waals surface area contributed by atoms with E-state index in [9.17, 15) is 0 Å². The number of hydrogen-bond acceptors (Lipinski definition) is 4. The molecule has 0 amide bonds. The zero-order valence-electron chi connectivity index (χ0n) is 14.3. The molecular weight excluding hydrogens is 308 g/mol. The molecule has 0 atom stereocenters. The maximum atomic E-state index is 5.95. The summed E-state index contributed by atoms with van der Waals surface area (Å²) in [5, 5.41) is 5.73. The van der Waals surface area contributed by atoms with Crippen LogP contribution in [0, 0.1) is 0 Å². The second-order valence-corrected chi connectivity index (χ2v) is 6.35. The first-order chi connectivity index (χ1) is 12.1. The minimum Gasteiger partial charge on any atom is -0.399 e. The monoisotopic (exact) mass is 328 g/mol. The number of nitrogens with one attached hydrogen (secondary N) is 1. The molecule has 3 N–H and O–H groups in total. The van der Waals surface area contributed by atoms with Gasteiger partial charge in [0.1, 0.15) is 0 Å². The Labute approximate surface area is 146 Å². The lowest BCUT2D eigenvalue weighted by Gasteiger charge is -2.16.